The lowest BCUT2D eigenvalue weighted by molar-refractivity contribution is 0.101. The molecule has 0 N–H and O–H groups in total. The molecule has 0 radical (unpaired) electrons. The Morgan fingerprint density at radius 2 is 1.82 bits per heavy atom. The van der Waals surface area contributed by atoms with E-state index in [1.54, 1.807) is 13.0 Å². The number of Topliss-reactive ketones (excluding diaryl/α,β-unsaturated/α-hetero) is 1. The van der Waals surface area contributed by atoms with Crippen LogP contribution >= 0.6 is 23.2 Å². The van der Waals surface area contributed by atoms with Gasteiger partial charge in [0.05, 0.1) is 5.52 Å². The molecule has 0 amide bonds. The highest BCUT2D eigenvalue weighted by Crippen LogP contribution is 2.37. The summed E-state index contributed by atoms with van der Waals surface area (Å²) in [6, 6.07) is 13.0. The van der Waals surface area contributed by atoms with Gasteiger partial charge in [-0.2, -0.15) is 0 Å². The fraction of sp³-hybridized carbons (Fsp3) is 0.111. The van der Waals surface area contributed by atoms with Crippen LogP contribution in [0.1, 0.15) is 23.0 Å². The highest BCUT2D eigenvalue weighted by Gasteiger charge is 2.19. The standard InChI is InChI=1S/C18H13Cl2NO/c1-10-17(11(2)22)18(13-5-3-4-6-15(13)20)14-9-12(19)7-8-16(14)21-10/h3-9H,1-2H3. The smallest absolute Gasteiger partial charge is 0.162 e. The van der Waals surface area contributed by atoms with E-state index in [4.69, 9.17) is 23.2 Å². The molecule has 3 rings (SSSR count). The number of aryl methyl sites for hydroxylation is 1. The summed E-state index contributed by atoms with van der Waals surface area (Å²) in [6.45, 7) is 3.38. The van der Waals surface area contributed by atoms with Crippen LogP contribution in [0.5, 0.6) is 0 Å². The number of halogens is 2. The van der Waals surface area contributed by atoms with E-state index in [2.05, 4.69) is 4.98 Å². The number of carbonyl (C=O) groups excluding carboxylic acids is 1. The maximum Gasteiger partial charge on any atom is 0.162 e. The number of nitrogens with zero attached hydrogens (tertiary/aromatic N) is 1. The van der Waals surface area contributed by atoms with Gasteiger partial charge in [0.15, 0.2) is 5.78 Å². The van der Waals surface area contributed by atoms with Crippen LogP contribution in [0.4, 0.5) is 0 Å². The van der Waals surface area contributed by atoms with E-state index in [-0.39, 0.29) is 5.78 Å². The molecule has 2 aromatic carbocycles. The average molecular weight is 330 g/mol. The predicted molar refractivity (Wildman–Crippen MR) is 91.9 cm³/mol. The lowest BCUT2D eigenvalue weighted by Crippen LogP contribution is -2.04. The summed E-state index contributed by atoms with van der Waals surface area (Å²) in [7, 11) is 0. The quantitative estimate of drug-likeness (QED) is 0.563. The van der Waals surface area contributed by atoms with Crippen molar-refractivity contribution in [2.45, 2.75) is 13.8 Å². The Labute approximate surface area is 138 Å². The molecule has 0 aliphatic carbocycles. The van der Waals surface area contributed by atoms with Gasteiger partial charge in [-0.05, 0) is 38.1 Å². The number of rotatable bonds is 2. The van der Waals surface area contributed by atoms with E-state index >= 15 is 0 Å². The maximum atomic E-state index is 12.2. The topological polar surface area (TPSA) is 30.0 Å². The van der Waals surface area contributed by atoms with Crippen molar-refractivity contribution in [3.63, 3.8) is 0 Å². The van der Waals surface area contributed by atoms with Gasteiger partial charge in [-0.3, -0.25) is 9.78 Å². The van der Waals surface area contributed by atoms with E-state index in [1.807, 2.05) is 43.3 Å². The lowest BCUT2D eigenvalue weighted by atomic mass is 9.92. The minimum absolute atomic E-state index is 0.0400. The summed E-state index contributed by atoms with van der Waals surface area (Å²) in [4.78, 5) is 16.7. The summed E-state index contributed by atoms with van der Waals surface area (Å²) >= 11 is 12.5. The molecule has 1 heterocycles. The monoisotopic (exact) mass is 329 g/mol. The fourth-order valence-electron chi connectivity index (χ4n) is 2.73. The number of carbonyl (C=O) groups is 1. The highest BCUT2D eigenvalue weighted by atomic mass is 35.5. The second kappa shape index (κ2) is 5.71. The van der Waals surface area contributed by atoms with Gasteiger partial charge in [-0.15, -0.1) is 0 Å². The molecule has 0 saturated carbocycles. The van der Waals surface area contributed by atoms with E-state index in [9.17, 15) is 4.79 Å². The van der Waals surface area contributed by atoms with Crippen molar-refractivity contribution in [1.29, 1.82) is 0 Å². The molecule has 0 fully saturated rings. The minimum Gasteiger partial charge on any atom is -0.294 e. The highest BCUT2D eigenvalue weighted by molar-refractivity contribution is 6.34. The number of fused-ring (bicyclic) bond motifs is 1. The van der Waals surface area contributed by atoms with Gasteiger partial charge in [0.2, 0.25) is 0 Å². The van der Waals surface area contributed by atoms with Crippen LogP contribution < -0.4 is 0 Å². The fourth-order valence-corrected chi connectivity index (χ4v) is 3.13. The van der Waals surface area contributed by atoms with Gasteiger partial charge in [0.1, 0.15) is 0 Å². The summed E-state index contributed by atoms with van der Waals surface area (Å²) in [5, 5.41) is 2.02. The SMILES string of the molecule is CC(=O)c1c(C)nc2ccc(Cl)cc2c1-c1ccccc1Cl. The third kappa shape index (κ3) is 2.49. The van der Waals surface area contributed by atoms with Gasteiger partial charge in [-0.25, -0.2) is 0 Å². The Morgan fingerprint density at radius 1 is 1.09 bits per heavy atom. The molecule has 0 aliphatic rings. The zero-order valence-corrected chi connectivity index (χ0v) is 13.7. The molecule has 3 aromatic rings. The minimum atomic E-state index is -0.0400. The first kappa shape index (κ1) is 15.0. The van der Waals surface area contributed by atoms with Gasteiger partial charge in [-0.1, -0.05) is 41.4 Å². The molecule has 0 spiro atoms. The van der Waals surface area contributed by atoms with Gasteiger partial charge in [0, 0.05) is 37.8 Å². The zero-order chi connectivity index (χ0) is 15.9. The van der Waals surface area contributed by atoms with Crippen LogP contribution in [0, 0.1) is 6.92 Å². The molecule has 0 bridgehead atoms. The summed E-state index contributed by atoms with van der Waals surface area (Å²) in [6.07, 6.45) is 0. The Balaban J connectivity index is 2.53. The Morgan fingerprint density at radius 3 is 2.50 bits per heavy atom. The van der Waals surface area contributed by atoms with Crippen LogP contribution in [0.15, 0.2) is 42.5 Å². The average Bonchev–Trinajstić information content (AvgIpc) is 2.47. The van der Waals surface area contributed by atoms with Crippen LogP contribution in [0.2, 0.25) is 10.0 Å². The molecule has 2 nitrogen and oxygen atoms in total. The van der Waals surface area contributed by atoms with Gasteiger partial charge >= 0.3 is 0 Å². The molecular formula is C18H13Cl2NO. The predicted octanol–water partition coefficient (Wildman–Crippen LogP) is 5.72. The van der Waals surface area contributed by atoms with Crippen molar-refractivity contribution in [3.8, 4) is 11.1 Å². The van der Waals surface area contributed by atoms with Crippen LogP contribution in [0.25, 0.3) is 22.0 Å². The van der Waals surface area contributed by atoms with Crippen LogP contribution in [0.3, 0.4) is 0 Å². The van der Waals surface area contributed by atoms with E-state index in [0.29, 0.717) is 21.3 Å². The number of hydrogen-bond acceptors (Lipinski definition) is 2. The van der Waals surface area contributed by atoms with Crippen LogP contribution in [-0.2, 0) is 0 Å². The molecule has 22 heavy (non-hydrogen) atoms. The first-order chi connectivity index (χ1) is 10.5. The summed E-state index contributed by atoms with van der Waals surface area (Å²) in [5.41, 5.74) is 3.68. The molecule has 0 saturated heterocycles. The largest absolute Gasteiger partial charge is 0.294 e. The number of aromatic nitrogens is 1. The molecule has 0 unspecified atom stereocenters. The number of benzene rings is 2. The number of pyridine rings is 1. The Kier molecular flexibility index (Phi) is 3.90. The van der Waals surface area contributed by atoms with Crippen molar-refractivity contribution >= 4 is 39.9 Å². The van der Waals surface area contributed by atoms with Crippen molar-refractivity contribution < 1.29 is 4.79 Å². The first-order valence-electron chi connectivity index (χ1n) is 6.84. The number of hydrogen-bond donors (Lipinski definition) is 0. The lowest BCUT2D eigenvalue weighted by Gasteiger charge is -2.15. The normalized spacial score (nSPS) is 10.9. The molecule has 1 aromatic heterocycles. The zero-order valence-electron chi connectivity index (χ0n) is 12.2. The first-order valence-corrected chi connectivity index (χ1v) is 7.60. The summed E-state index contributed by atoms with van der Waals surface area (Å²) in [5.74, 6) is -0.0400. The molecule has 110 valence electrons. The maximum absolute atomic E-state index is 12.2. The van der Waals surface area contributed by atoms with E-state index in [0.717, 1.165) is 22.0 Å². The second-order valence-electron chi connectivity index (χ2n) is 5.14. The third-order valence-electron chi connectivity index (χ3n) is 3.62. The van der Waals surface area contributed by atoms with E-state index < -0.39 is 0 Å². The van der Waals surface area contributed by atoms with Crippen molar-refractivity contribution in [2.24, 2.45) is 0 Å². The Bertz CT molecular complexity index is 903. The molecule has 0 atom stereocenters. The molecule has 4 heteroatoms. The van der Waals surface area contributed by atoms with Crippen molar-refractivity contribution in [2.75, 3.05) is 0 Å². The van der Waals surface area contributed by atoms with Crippen LogP contribution in [-0.4, -0.2) is 10.8 Å². The molecular weight excluding hydrogens is 317 g/mol. The second-order valence-corrected chi connectivity index (χ2v) is 5.99. The van der Waals surface area contributed by atoms with Gasteiger partial charge in [0.25, 0.3) is 0 Å². The van der Waals surface area contributed by atoms with Crippen molar-refractivity contribution in [3.05, 3.63) is 63.8 Å². The summed E-state index contributed by atoms with van der Waals surface area (Å²) < 4.78 is 0. The van der Waals surface area contributed by atoms with Crippen molar-refractivity contribution in [1.82, 2.24) is 4.98 Å². The van der Waals surface area contributed by atoms with Gasteiger partial charge < -0.3 is 0 Å². The van der Waals surface area contributed by atoms with E-state index in [1.165, 1.54) is 0 Å². The Hall–Kier alpha value is -1.90. The number of ketones is 1. The third-order valence-corrected chi connectivity index (χ3v) is 4.19. The molecule has 0 aliphatic heterocycles.